The Bertz CT molecular complexity index is 609. The number of carbonyl (C=O) groups is 2. The molecule has 1 atom stereocenters. The number of benzene rings is 1. The van der Waals surface area contributed by atoms with Crippen LogP contribution in [0.25, 0.3) is 0 Å². The average molecular weight is 354 g/mol. The minimum atomic E-state index is -0.142. The lowest BCUT2D eigenvalue weighted by atomic mass is 10.1. The first kappa shape index (κ1) is 18.5. The molecule has 0 radical (unpaired) electrons. The topological polar surface area (TPSA) is 75.9 Å². The van der Waals surface area contributed by atoms with Crippen molar-refractivity contribution in [1.29, 1.82) is 0 Å². The van der Waals surface area contributed by atoms with Crippen molar-refractivity contribution in [3.63, 3.8) is 0 Å². The van der Waals surface area contributed by atoms with Crippen molar-refractivity contribution in [3.8, 4) is 5.75 Å². The second-order valence-corrected chi connectivity index (χ2v) is 6.60. The van der Waals surface area contributed by atoms with Crippen LogP contribution >= 0.6 is 11.6 Å². The lowest BCUT2D eigenvalue weighted by molar-refractivity contribution is -0.126. The maximum atomic E-state index is 12.7. The van der Waals surface area contributed by atoms with Gasteiger partial charge < -0.3 is 20.3 Å². The summed E-state index contributed by atoms with van der Waals surface area (Å²) in [5, 5.41) is 0.514. The summed E-state index contributed by atoms with van der Waals surface area (Å²) in [6.07, 6.45) is 1.18. The lowest BCUT2D eigenvalue weighted by Gasteiger charge is -2.22. The Labute approximate surface area is 147 Å². The number of hydrogen-bond donors (Lipinski definition) is 1. The van der Waals surface area contributed by atoms with Crippen molar-refractivity contribution in [1.82, 2.24) is 9.80 Å². The fourth-order valence-electron chi connectivity index (χ4n) is 2.81. The van der Waals surface area contributed by atoms with E-state index in [1.807, 2.05) is 0 Å². The minimum Gasteiger partial charge on any atom is -0.493 e. The summed E-state index contributed by atoms with van der Waals surface area (Å²) in [5.74, 6) is 0.604. The van der Waals surface area contributed by atoms with E-state index in [0.29, 0.717) is 55.4 Å². The van der Waals surface area contributed by atoms with Gasteiger partial charge in [0.25, 0.3) is 5.91 Å². The molecule has 1 aromatic rings. The molecule has 0 unspecified atom stereocenters. The molecule has 132 valence electrons. The van der Waals surface area contributed by atoms with Gasteiger partial charge in [0.15, 0.2) is 0 Å². The summed E-state index contributed by atoms with van der Waals surface area (Å²) in [5.41, 5.74) is 5.94. The molecule has 0 bridgehead atoms. The highest BCUT2D eigenvalue weighted by Crippen LogP contribution is 2.26. The second kappa shape index (κ2) is 8.35. The number of ether oxygens (including phenoxy) is 1. The molecular weight excluding hydrogens is 330 g/mol. The van der Waals surface area contributed by atoms with Gasteiger partial charge in [-0.25, -0.2) is 0 Å². The number of hydrogen-bond acceptors (Lipinski definition) is 4. The largest absolute Gasteiger partial charge is 0.493 e. The number of halogens is 1. The number of carbonyl (C=O) groups excluding carboxylic acids is 2. The van der Waals surface area contributed by atoms with Gasteiger partial charge in [0.1, 0.15) is 5.75 Å². The maximum Gasteiger partial charge on any atom is 0.257 e. The van der Waals surface area contributed by atoms with Gasteiger partial charge in [-0.15, -0.1) is 0 Å². The van der Waals surface area contributed by atoms with E-state index in [4.69, 9.17) is 22.1 Å². The first-order valence-electron chi connectivity index (χ1n) is 8.04. The zero-order valence-corrected chi connectivity index (χ0v) is 14.9. The number of rotatable bonds is 7. The Morgan fingerprint density at radius 1 is 1.50 bits per heavy atom. The van der Waals surface area contributed by atoms with Crippen molar-refractivity contribution >= 4 is 23.4 Å². The molecule has 1 aromatic carbocycles. The Balaban J connectivity index is 2.06. The van der Waals surface area contributed by atoms with Crippen LogP contribution in [-0.4, -0.2) is 62.0 Å². The van der Waals surface area contributed by atoms with Gasteiger partial charge in [0, 0.05) is 44.5 Å². The fraction of sp³-hybridized carbons (Fsp3) is 0.529. The Morgan fingerprint density at radius 3 is 2.88 bits per heavy atom. The molecule has 1 saturated heterocycles. The zero-order valence-electron chi connectivity index (χ0n) is 14.1. The van der Waals surface area contributed by atoms with E-state index in [-0.39, 0.29) is 17.7 Å². The van der Waals surface area contributed by atoms with Crippen LogP contribution in [0.1, 0.15) is 23.2 Å². The number of nitrogens with zero attached hydrogens (tertiary/aromatic N) is 2. The third kappa shape index (κ3) is 4.61. The Hall–Kier alpha value is -1.79. The smallest absolute Gasteiger partial charge is 0.257 e. The van der Waals surface area contributed by atoms with E-state index >= 15 is 0 Å². The molecule has 1 fully saturated rings. The summed E-state index contributed by atoms with van der Waals surface area (Å²) in [6, 6.07) is 4.99. The lowest BCUT2D eigenvalue weighted by Crippen LogP contribution is -2.33. The molecule has 1 aliphatic rings. The number of nitrogens with two attached hydrogens (primary N) is 1. The summed E-state index contributed by atoms with van der Waals surface area (Å²) < 4.78 is 5.66. The summed E-state index contributed by atoms with van der Waals surface area (Å²) >= 11 is 6.01. The highest BCUT2D eigenvalue weighted by molar-refractivity contribution is 6.30. The molecule has 0 aromatic heterocycles. The molecule has 0 spiro atoms. The highest BCUT2D eigenvalue weighted by atomic mass is 35.5. The van der Waals surface area contributed by atoms with Crippen LogP contribution in [0.3, 0.4) is 0 Å². The fourth-order valence-corrected chi connectivity index (χ4v) is 2.97. The van der Waals surface area contributed by atoms with Crippen LogP contribution in [0.2, 0.25) is 5.02 Å². The van der Waals surface area contributed by atoms with Crippen molar-refractivity contribution in [2.24, 2.45) is 11.7 Å². The Kier molecular flexibility index (Phi) is 6.45. The van der Waals surface area contributed by atoms with Crippen LogP contribution in [-0.2, 0) is 4.79 Å². The average Bonchev–Trinajstić information content (AvgIpc) is 2.85. The first-order chi connectivity index (χ1) is 11.4. The van der Waals surface area contributed by atoms with Crippen molar-refractivity contribution in [3.05, 3.63) is 28.8 Å². The summed E-state index contributed by atoms with van der Waals surface area (Å²) in [4.78, 5) is 27.7. The second-order valence-electron chi connectivity index (χ2n) is 6.16. The zero-order chi connectivity index (χ0) is 17.7. The van der Waals surface area contributed by atoms with Gasteiger partial charge >= 0.3 is 0 Å². The molecule has 1 aliphatic heterocycles. The number of amides is 2. The molecule has 2 amide bonds. The minimum absolute atomic E-state index is 0.123. The molecule has 1 heterocycles. The van der Waals surface area contributed by atoms with Gasteiger partial charge in [0.2, 0.25) is 5.91 Å². The van der Waals surface area contributed by atoms with Crippen LogP contribution in [0.5, 0.6) is 5.75 Å². The Morgan fingerprint density at radius 2 is 2.25 bits per heavy atom. The maximum absolute atomic E-state index is 12.7. The molecule has 24 heavy (non-hydrogen) atoms. The van der Waals surface area contributed by atoms with Crippen molar-refractivity contribution < 1.29 is 14.3 Å². The number of likely N-dealkylation sites (tertiary alicyclic amines) is 1. The third-order valence-electron chi connectivity index (χ3n) is 4.08. The van der Waals surface area contributed by atoms with Crippen LogP contribution in [0.15, 0.2) is 18.2 Å². The summed E-state index contributed by atoms with van der Waals surface area (Å²) in [6.45, 7) is 2.16. The van der Waals surface area contributed by atoms with Gasteiger partial charge in [0.05, 0.1) is 12.2 Å². The van der Waals surface area contributed by atoms with Crippen LogP contribution in [0.4, 0.5) is 0 Å². The van der Waals surface area contributed by atoms with E-state index in [1.54, 1.807) is 42.1 Å². The van der Waals surface area contributed by atoms with Crippen molar-refractivity contribution in [2.75, 3.05) is 40.3 Å². The van der Waals surface area contributed by atoms with Crippen molar-refractivity contribution in [2.45, 2.75) is 12.8 Å². The van der Waals surface area contributed by atoms with Crippen LogP contribution in [0, 0.1) is 5.92 Å². The third-order valence-corrected chi connectivity index (χ3v) is 4.32. The van der Waals surface area contributed by atoms with Gasteiger partial charge in [-0.05, 0) is 31.2 Å². The molecule has 7 heteroatoms. The molecular formula is C17H24ClN3O3. The molecule has 6 nitrogen and oxygen atoms in total. The monoisotopic (exact) mass is 353 g/mol. The van der Waals surface area contributed by atoms with E-state index in [2.05, 4.69) is 0 Å². The molecule has 0 saturated carbocycles. The van der Waals surface area contributed by atoms with Gasteiger partial charge in [-0.3, -0.25) is 9.59 Å². The predicted octanol–water partition coefficient (Wildman–Crippen LogP) is 1.62. The molecule has 2 rings (SSSR count). The highest BCUT2D eigenvalue weighted by Gasteiger charge is 2.29. The van der Waals surface area contributed by atoms with Gasteiger partial charge in [-0.2, -0.15) is 0 Å². The standard InChI is InChI=1S/C17H24ClN3O3/c1-20-10-12(8-16(20)22)11-21(2)17(23)14-5-4-13(18)9-15(14)24-7-3-6-19/h4-5,9,12H,3,6-8,10-11,19H2,1-2H3/t12-/m1/s1. The summed E-state index contributed by atoms with van der Waals surface area (Å²) in [7, 11) is 3.52. The van der Waals surface area contributed by atoms with E-state index in [1.165, 1.54) is 0 Å². The van der Waals surface area contributed by atoms with E-state index in [0.717, 1.165) is 0 Å². The normalized spacial score (nSPS) is 17.2. The SMILES string of the molecule is CN1C[C@H](CN(C)C(=O)c2ccc(Cl)cc2OCCCN)CC1=O. The first-order valence-corrected chi connectivity index (χ1v) is 8.42. The van der Waals surface area contributed by atoms with E-state index < -0.39 is 0 Å². The predicted molar refractivity (Wildman–Crippen MR) is 93.3 cm³/mol. The molecule has 2 N–H and O–H groups in total. The molecule has 0 aliphatic carbocycles. The van der Waals surface area contributed by atoms with Gasteiger partial charge in [-0.1, -0.05) is 11.6 Å². The van der Waals surface area contributed by atoms with E-state index in [9.17, 15) is 9.59 Å². The van der Waals surface area contributed by atoms with Crippen LogP contribution < -0.4 is 10.5 Å². The quantitative estimate of drug-likeness (QED) is 0.756.